The van der Waals surface area contributed by atoms with Gasteiger partial charge >= 0.3 is 0 Å². The number of piperazine rings is 1. The molecule has 1 aromatic heterocycles. The Morgan fingerprint density at radius 2 is 1.89 bits per heavy atom. The highest BCUT2D eigenvalue weighted by Crippen LogP contribution is 2.14. The van der Waals surface area contributed by atoms with E-state index in [2.05, 4.69) is 22.0 Å². The molecule has 27 heavy (non-hydrogen) atoms. The summed E-state index contributed by atoms with van der Waals surface area (Å²) in [6.45, 7) is 10.9. The number of hydrogen-bond acceptors (Lipinski definition) is 4. The van der Waals surface area contributed by atoms with Crippen molar-refractivity contribution in [1.29, 1.82) is 0 Å². The Morgan fingerprint density at radius 1 is 1.19 bits per heavy atom. The normalized spacial score (nSPS) is 19.7. The van der Waals surface area contributed by atoms with E-state index in [1.807, 2.05) is 24.0 Å². The van der Waals surface area contributed by atoms with Gasteiger partial charge in [-0.25, -0.2) is 4.99 Å². The second kappa shape index (κ2) is 10.9. The summed E-state index contributed by atoms with van der Waals surface area (Å²) in [7, 11) is 0. The first kappa shape index (κ1) is 22.0. The second-order valence-electron chi connectivity index (χ2n) is 6.98. The molecule has 3 heterocycles. The molecule has 1 N–H and O–H groups in total. The van der Waals surface area contributed by atoms with Gasteiger partial charge in [0.05, 0.1) is 12.3 Å². The van der Waals surface area contributed by atoms with Gasteiger partial charge in [0.1, 0.15) is 12.3 Å². The van der Waals surface area contributed by atoms with Crippen molar-refractivity contribution in [3.05, 3.63) is 24.2 Å². The molecule has 2 aliphatic rings. The van der Waals surface area contributed by atoms with Crippen molar-refractivity contribution in [3.8, 4) is 0 Å². The van der Waals surface area contributed by atoms with Gasteiger partial charge in [0.2, 0.25) is 5.91 Å². The fourth-order valence-corrected chi connectivity index (χ4v) is 3.66. The maximum atomic E-state index is 12.6. The number of furan rings is 1. The number of nitrogens with one attached hydrogen (secondary N) is 1. The molecule has 2 fully saturated rings. The summed E-state index contributed by atoms with van der Waals surface area (Å²) in [6.07, 6.45) is 3.96. The van der Waals surface area contributed by atoms with E-state index in [9.17, 15) is 4.79 Å². The van der Waals surface area contributed by atoms with Crippen LogP contribution < -0.4 is 5.32 Å². The summed E-state index contributed by atoms with van der Waals surface area (Å²) in [5, 5.41) is 3.37. The summed E-state index contributed by atoms with van der Waals surface area (Å²) >= 11 is 0. The number of nitrogens with zero attached hydrogens (tertiary/aromatic N) is 4. The third-order valence-electron chi connectivity index (χ3n) is 5.24. The molecule has 1 atom stereocenters. The van der Waals surface area contributed by atoms with Crippen LogP contribution in [0.25, 0.3) is 0 Å². The van der Waals surface area contributed by atoms with Crippen LogP contribution in [0.15, 0.2) is 27.8 Å². The number of guanidine groups is 1. The van der Waals surface area contributed by atoms with E-state index in [0.29, 0.717) is 6.54 Å². The predicted octanol–water partition coefficient (Wildman–Crippen LogP) is 1.99. The summed E-state index contributed by atoms with van der Waals surface area (Å²) in [5.74, 6) is 2.07. The van der Waals surface area contributed by atoms with Crippen LogP contribution in [0.1, 0.15) is 32.4 Å². The number of amides is 1. The van der Waals surface area contributed by atoms with Crippen LogP contribution in [0.3, 0.4) is 0 Å². The fraction of sp³-hybridized carbons (Fsp3) is 0.684. The Balaban J connectivity index is 0.00000261. The lowest BCUT2D eigenvalue weighted by atomic mass is 10.2. The van der Waals surface area contributed by atoms with Crippen LogP contribution in [0, 0.1) is 0 Å². The first-order valence-corrected chi connectivity index (χ1v) is 9.77. The minimum atomic E-state index is -0.0297. The zero-order chi connectivity index (χ0) is 18.4. The summed E-state index contributed by atoms with van der Waals surface area (Å²) in [6, 6.07) is 3.80. The maximum Gasteiger partial charge on any atom is 0.239 e. The Kier molecular flexibility index (Phi) is 8.88. The molecule has 152 valence electrons. The Labute approximate surface area is 179 Å². The molecule has 7 nitrogen and oxygen atoms in total. The van der Waals surface area contributed by atoms with Gasteiger partial charge in [0, 0.05) is 45.8 Å². The molecule has 8 heteroatoms. The van der Waals surface area contributed by atoms with Gasteiger partial charge in [0.25, 0.3) is 0 Å². The molecular weight excluding hydrogens is 457 g/mol. The van der Waals surface area contributed by atoms with Gasteiger partial charge in [-0.2, -0.15) is 0 Å². The molecular formula is C19H32IN5O2. The SMILES string of the molecule is CCNC(=NCc1ccco1)N1CCN(C(C)C(=O)N2CCCC2)CC1.I. The molecule has 2 saturated heterocycles. The van der Waals surface area contributed by atoms with Gasteiger partial charge in [-0.1, -0.05) is 0 Å². The average Bonchev–Trinajstić information content (AvgIpc) is 3.38. The van der Waals surface area contributed by atoms with Crippen LogP contribution in [-0.4, -0.2) is 78.4 Å². The largest absolute Gasteiger partial charge is 0.467 e. The van der Waals surface area contributed by atoms with Gasteiger partial charge < -0.3 is 19.5 Å². The number of hydrogen-bond donors (Lipinski definition) is 1. The first-order valence-electron chi connectivity index (χ1n) is 9.77. The molecule has 0 radical (unpaired) electrons. The molecule has 1 aromatic rings. The predicted molar refractivity (Wildman–Crippen MR) is 117 cm³/mol. The molecule has 0 aromatic carbocycles. The van der Waals surface area contributed by atoms with Crippen molar-refractivity contribution < 1.29 is 9.21 Å². The lowest BCUT2D eigenvalue weighted by molar-refractivity contribution is -0.135. The molecule has 0 spiro atoms. The van der Waals surface area contributed by atoms with Crippen molar-refractivity contribution in [2.75, 3.05) is 45.8 Å². The Bertz CT molecular complexity index is 593. The molecule has 2 aliphatic heterocycles. The van der Waals surface area contributed by atoms with Gasteiger partial charge in [-0.05, 0) is 38.8 Å². The van der Waals surface area contributed by atoms with Crippen LogP contribution >= 0.6 is 24.0 Å². The second-order valence-corrected chi connectivity index (χ2v) is 6.98. The van der Waals surface area contributed by atoms with Gasteiger partial charge in [0.15, 0.2) is 5.96 Å². The fourth-order valence-electron chi connectivity index (χ4n) is 3.66. The number of carbonyl (C=O) groups is 1. The zero-order valence-electron chi connectivity index (χ0n) is 16.4. The van der Waals surface area contributed by atoms with Crippen molar-refractivity contribution in [2.45, 2.75) is 39.3 Å². The number of aliphatic imine (C=N–C) groups is 1. The Morgan fingerprint density at radius 3 is 2.48 bits per heavy atom. The smallest absolute Gasteiger partial charge is 0.239 e. The number of halogens is 1. The number of rotatable bonds is 5. The standard InChI is InChI=1S/C19H31N5O2.HI/c1-3-20-19(21-15-17-7-6-14-26-17)24-12-10-22(11-13-24)16(2)18(25)23-8-4-5-9-23;/h6-7,14,16H,3-5,8-13,15H2,1-2H3,(H,20,21);1H. The first-order chi connectivity index (χ1) is 12.7. The Hall–Kier alpha value is -1.29. The third-order valence-corrected chi connectivity index (χ3v) is 5.24. The summed E-state index contributed by atoms with van der Waals surface area (Å²) in [4.78, 5) is 23.9. The van der Waals surface area contributed by atoms with E-state index < -0.39 is 0 Å². The van der Waals surface area contributed by atoms with Crippen LogP contribution in [0.2, 0.25) is 0 Å². The van der Waals surface area contributed by atoms with E-state index in [0.717, 1.165) is 70.4 Å². The minimum absolute atomic E-state index is 0. The van der Waals surface area contributed by atoms with Gasteiger partial charge in [-0.3, -0.25) is 9.69 Å². The average molecular weight is 489 g/mol. The maximum absolute atomic E-state index is 12.6. The van der Waals surface area contributed by atoms with Gasteiger partial charge in [-0.15, -0.1) is 24.0 Å². The lowest BCUT2D eigenvalue weighted by Crippen LogP contribution is -2.57. The third kappa shape index (κ3) is 5.84. The van der Waals surface area contributed by atoms with Crippen LogP contribution in [0.4, 0.5) is 0 Å². The quantitative estimate of drug-likeness (QED) is 0.390. The highest BCUT2D eigenvalue weighted by Gasteiger charge is 2.30. The monoisotopic (exact) mass is 489 g/mol. The van der Waals surface area contributed by atoms with Crippen molar-refractivity contribution in [3.63, 3.8) is 0 Å². The van der Waals surface area contributed by atoms with Crippen LogP contribution in [0.5, 0.6) is 0 Å². The molecule has 0 aliphatic carbocycles. The lowest BCUT2D eigenvalue weighted by Gasteiger charge is -2.39. The van der Waals surface area contributed by atoms with Crippen molar-refractivity contribution in [1.82, 2.24) is 20.0 Å². The molecule has 1 amide bonds. The molecule has 0 saturated carbocycles. The highest BCUT2D eigenvalue weighted by atomic mass is 127. The minimum Gasteiger partial charge on any atom is -0.467 e. The van der Waals surface area contributed by atoms with Crippen LogP contribution in [-0.2, 0) is 11.3 Å². The van der Waals surface area contributed by atoms with E-state index in [1.165, 1.54) is 0 Å². The molecule has 0 bridgehead atoms. The molecule has 1 unspecified atom stereocenters. The number of carbonyl (C=O) groups excluding carboxylic acids is 1. The zero-order valence-corrected chi connectivity index (χ0v) is 18.7. The highest BCUT2D eigenvalue weighted by molar-refractivity contribution is 14.0. The van der Waals surface area contributed by atoms with E-state index in [1.54, 1.807) is 6.26 Å². The molecule has 3 rings (SSSR count). The topological polar surface area (TPSA) is 64.3 Å². The summed E-state index contributed by atoms with van der Waals surface area (Å²) < 4.78 is 5.37. The summed E-state index contributed by atoms with van der Waals surface area (Å²) in [5.41, 5.74) is 0. The van der Waals surface area contributed by atoms with E-state index >= 15 is 0 Å². The number of likely N-dealkylation sites (tertiary alicyclic amines) is 1. The van der Waals surface area contributed by atoms with E-state index in [-0.39, 0.29) is 35.9 Å². The van der Waals surface area contributed by atoms with E-state index in [4.69, 9.17) is 9.41 Å². The van der Waals surface area contributed by atoms with Crippen molar-refractivity contribution >= 4 is 35.8 Å². The van der Waals surface area contributed by atoms with Crippen molar-refractivity contribution in [2.24, 2.45) is 4.99 Å².